The fraction of sp³-hybridized carbons (Fsp3) is 0.857. The normalized spacial score (nSPS) is 18.2. The van der Waals surface area contributed by atoms with E-state index in [0.29, 0.717) is 45.8 Å². The Morgan fingerprint density at radius 2 is 1.03 bits per heavy atom. The van der Waals surface area contributed by atoms with Gasteiger partial charge in [0.15, 0.2) is 0 Å². The molecule has 174 valence electrons. The summed E-state index contributed by atoms with van der Waals surface area (Å²) in [7, 11) is 0. The van der Waals surface area contributed by atoms with Gasteiger partial charge in [0.25, 0.3) is 0 Å². The Kier molecular flexibility index (Phi) is 10.2. The van der Waals surface area contributed by atoms with E-state index >= 15 is 0 Å². The third kappa shape index (κ3) is 12.8. The van der Waals surface area contributed by atoms with Crippen LogP contribution in [0.3, 0.4) is 0 Å². The molecule has 1 N–H and O–H groups in total. The van der Waals surface area contributed by atoms with Crippen molar-refractivity contribution < 1.29 is 29.0 Å². The summed E-state index contributed by atoms with van der Waals surface area (Å²) in [4.78, 5) is 41.6. The molecule has 0 spiro atoms. The highest BCUT2D eigenvalue weighted by atomic mass is 16.6. The molecule has 30 heavy (non-hydrogen) atoms. The lowest BCUT2D eigenvalue weighted by Crippen LogP contribution is -2.42. The van der Waals surface area contributed by atoms with E-state index in [1.807, 2.05) is 51.3 Å². The van der Waals surface area contributed by atoms with Crippen LogP contribution in [0.4, 0.5) is 0 Å². The summed E-state index contributed by atoms with van der Waals surface area (Å²) in [5.74, 6) is -1.43. The van der Waals surface area contributed by atoms with Gasteiger partial charge in [-0.1, -0.05) is 0 Å². The number of carboxylic acid groups (broad SMARTS) is 1. The van der Waals surface area contributed by atoms with Crippen LogP contribution in [0.5, 0.6) is 0 Å². The summed E-state index contributed by atoms with van der Waals surface area (Å²) in [5, 5.41) is 9.01. The summed E-state index contributed by atoms with van der Waals surface area (Å²) >= 11 is 0. The Morgan fingerprint density at radius 3 is 1.33 bits per heavy atom. The van der Waals surface area contributed by atoms with Crippen LogP contribution in [0, 0.1) is 0 Å². The Balaban J connectivity index is 2.78. The van der Waals surface area contributed by atoms with Crippen LogP contribution in [0.1, 0.15) is 48.0 Å². The fourth-order valence-corrected chi connectivity index (χ4v) is 3.09. The van der Waals surface area contributed by atoms with Crippen molar-refractivity contribution in [1.29, 1.82) is 0 Å². The number of carboxylic acids is 1. The Morgan fingerprint density at radius 1 is 0.700 bits per heavy atom. The van der Waals surface area contributed by atoms with Gasteiger partial charge < -0.3 is 19.5 Å². The predicted octanol–water partition coefficient (Wildman–Crippen LogP) is 1.06. The van der Waals surface area contributed by atoms with Crippen molar-refractivity contribution in [3.05, 3.63) is 0 Å². The summed E-state index contributed by atoms with van der Waals surface area (Å²) in [5.41, 5.74) is -1.10. The van der Waals surface area contributed by atoms with Gasteiger partial charge in [-0.25, -0.2) is 0 Å². The smallest absolute Gasteiger partial charge is 0.320 e. The van der Waals surface area contributed by atoms with Crippen LogP contribution >= 0.6 is 0 Å². The lowest BCUT2D eigenvalue weighted by Gasteiger charge is -2.27. The topological polar surface area (TPSA) is 99.6 Å². The molecule has 1 fully saturated rings. The fourth-order valence-electron chi connectivity index (χ4n) is 3.09. The van der Waals surface area contributed by atoms with Gasteiger partial charge in [-0.2, -0.15) is 0 Å². The minimum Gasteiger partial charge on any atom is -0.481 e. The molecular weight excluding hydrogens is 390 g/mol. The van der Waals surface area contributed by atoms with Gasteiger partial charge in [-0.3, -0.25) is 24.2 Å². The lowest BCUT2D eigenvalue weighted by atomic mass is 10.2. The second-order valence-corrected chi connectivity index (χ2v) is 9.71. The molecule has 9 heteroatoms. The average Bonchev–Trinajstić information content (AvgIpc) is 2.61. The molecule has 1 aliphatic heterocycles. The molecule has 0 aromatic heterocycles. The van der Waals surface area contributed by atoms with Crippen LogP contribution in [0.25, 0.3) is 0 Å². The standard InChI is InChI=1S/C21H39N3O6/c1-20(2,3)29-18(27)15-23-11-9-22(8-7-17(25)26)10-12-24(14-13-23)16-19(28)30-21(4,5)6/h7-16H2,1-6H3,(H,25,26). The van der Waals surface area contributed by atoms with E-state index in [0.717, 1.165) is 0 Å². The van der Waals surface area contributed by atoms with Gasteiger partial charge in [0.1, 0.15) is 11.2 Å². The summed E-state index contributed by atoms with van der Waals surface area (Å²) in [6.07, 6.45) is 0.0537. The minimum absolute atomic E-state index is 0.0537. The number of nitrogens with zero attached hydrogens (tertiary/aromatic N) is 3. The first-order valence-corrected chi connectivity index (χ1v) is 10.6. The highest BCUT2D eigenvalue weighted by Crippen LogP contribution is 2.10. The van der Waals surface area contributed by atoms with Gasteiger partial charge >= 0.3 is 17.9 Å². The first-order valence-electron chi connectivity index (χ1n) is 10.6. The zero-order valence-corrected chi connectivity index (χ0v) is 19.4. The molecule has 1 heterocycles. The Bertz CT molecular complexity index is 540. The largest absolute Gasteiger partial charge is 0.481 e. The quantitative estimate of drug-likeness (QED) is 0.596. The summed E-state index contributed by atoms with van der Waals surface area (Å²) in [6.45, 7) is 15.5. The van der Waals surface area contributed by atoms with E-state index in [2.05, 4.69) is 4.90 Å². The molecular formula is C21H39N3O6. The number of carbonyl (C=O) groups is 3. The number of carbonyl (C=O) groups excluding carboxylic acids is 2. The number of ether oxygens (including phenoxy) is 2. The Hall–Kier alpha value is -1.71. The van der Waals surface area contributed by atoms with E-state index in [9.17, 15) is 14.4 Å². The van der Waals surface area contributed by atoms with Crippen molar-refractivity contribution >= 4 is 17.9 Å². The number of hydrogen-bond donors (Lipinski definition) is 1. The molecule has 0 aliphatic carbocycles. The van der Waals surface area contributed by atoms with E-state index in [4.69, 9.17) is 14.6 Å². The second-order valence-electron chi connectivity index (χ2n) is 9.71. The van der Waals surface area contributed by atoms with Crippen molar-refractivity contribution in [2.24, 2.45) is 0 Å². The van der Waals surface area contributed by atoms with E-state index in [-0.39, 0.29) is 31.4 Å². The van der Waals surface area contributed by atoms with Crippen LogP contribution in [0.2, 0.25) is 0 Å². The third-order valence-corrected chi connectivity index (χ3v) is 4.38. The monoisotopic (exact) mass is 429 g/mol. The first kappa shape index (κ1) is 26.3. The van der Waals surface area contributed by atoms with Gasteiger partial charge in [0.05, 0.1) is 19.5 Å². The zero-order chi connectivity index (χ0) is 22.9. The molecule has 0 atom stereocenters. The van der Waals surface area contributed by atoms with Crippen molar-refractivity contribution in [2.45, 2.75) is 59.2 Å². The molecule has 0 bridgehead atoms. The SMILES string of the molecule is CC(C)(C)OC(=O)CN1CCN(CCC(=O)O)CCN(CC(=O)OC(C)(C)C)CC1. The molecule has 0 amide bonds. The van der Waals surface area contributed by atoms with Crippen LogP contribution in [0.15, 0.2) is 0 Å². The molecule has 0 aromatic carbocycles. The maximum absolute atomic E-state index is 12.3. The highest BCUT2D eigenvalue weighted by molar-refractivity contribution is 5.72. The third-order valence-electron chi connectivity index (χ3n) is 4.38. The van der Waals surface area contributed by atoms with Crippen LogP contribution < -0.4 is 0 Å². The molecule has 1 saturated heterocycles. The van der Waals surface area contributed by atoms with Crippen LogP contribution in [-0.2, 0) is 23.9 Å². The number of hydrogen-bond acceptors (Lipinski definition) is 8. The second kappa shape index (κ2) is 11.6. The van der Waals surface area contributed by atoms with Crippen molar-refractivity contribution in [3.63, 3.8) is 0 Å². The maximum Gasteiger partial charge on any atom is 0.320 e. The molecule has 0 saturated carbocycles. The zero-order valence-electron chi connectivity index (χ0n) is 19.4. The van der Waals surface area contributed by atoms with Crippen molar-refractivity contribution in [2.75, 3.05) is 58.9 Å². The summed E-state index contributed by atoms with van der Waals surface area (Å²) < 4.78 is 10.9. The van der Waals surface area contributed by atoms with Crippen LogP contribution in [-0.4, -0.2) is 108 Å². The van der Waals surface area contributed by atoms with Gasteiger partial charge in [-0.15, -0.1) is 0 Å². The van der Waals surface area contributed by atoms with Crippen molar-refractivity contribution in [1.82, 2.24) is 14.7 Å². The van der Waals surface area contributed by atoms with Gasteiger partial charge in [0, 0.05) is 45.8 Å². The van der Waals surface area contributed by atoms with E-state index < -0.39 is 17.2 Å². The van der Waals surface area contributed by atoms with Gasteiger partial charge in [0.2, 0.25) is 0 Å². The predicted molar refractivity (Wildman–Crippen MR) is 113 cm³/mol. The van der Waals surface area contributed by atoms with Gasteiger partial charge in [-0.05, 0) is 41.5 Å². The molecule has 9 nitrogen and oxygen atoms in total. The molecule has 1 rings (SSSR count). The summed E-state index contributed by atoms with van der Waals surface area (Å²) in [6, 6.07) is 0. The number of aliphatic carboxylic acids is 1. The maximum atomic E-state index is 12.3. The average molecular weight is 430 g/mol. The molecule has 0 unspecified atom stereocenters. The van der Waals surface area contributed by atoms with E-state index in [1.165, 1.54) is 0 Å². The van der Waals surface area contributed by atoms with Crippen molar-refractivity contribution in [3.8, 4) is 0 Å². The van der Waals surface area contributed by atoms with E-state index in [1.54, 1.807) is 0 Å². The highest BCUT2D eigenvalue weighted by Gasteiger charge is 2.24. The molecule has 0 radical (unpaired) electrons. The lowest BCUT2D eigenvalue weighted by molar-refractivity contribution is -0.158. The molecule has 0 aromatic rings. The number of esters is 2. The molecule has 1 aliphatic rings. The first-order chi connectivity index (χ1) is 13.7. The number of rotatable bonds is 7. The Labute approximate surface area is 180 Å². The minimum atomic E-state index is -0.842.